The Bertz CT molecular complexity index is 1120. The van der Waals surface area contributed by atoms with Crippen molar-refractivity contribution in [3.8, 4) is 5.75 Å². The Morgan fingerprint density at radius 3 is 2.43 bits per heavy atom. The minimum absolute atomic E-state index is 0.00364. The molecule has 2 aromatic carbocycles. The summed E-state index contributed by atoms with van der Waals surface area (Å²) in [5.74, 6) is -1.28. The molecule has 37 heavy (non-hydrogen) atoms. The van der Waals surface area contributed by atoms with Crippen molar-refractivity contribution in [1.29, 1.82) is 0 Å². The molecular formula is C28H36N2O7. The summed E-state index contributed by atoms with van der Waals surface area (Å²) in [4.78, 5) is 29.4. The molecule has 2 amide bonds. The molecule has 0 spiro atoms. The van der Waals surface area contributed by atoms with E-state index < -0.39 is 29.6 Å². The molecule has 2 aliphatic rings. The number of para-hydroxylation sites is 1. The number of rotatable bonds is 9. The summed E-state index contributed by atoms with van der Waals surface area (Å²) in [6, 6.07) is 14.9. The van der Waals surface area contributed by atoms with E-state index in [1.54, 1.807) is 47.0 Å². The van der Waals surface area contributed by atoms with Gasteiger partial charge < -0.3 is 33.9 Å². The van der Waals surface area contributed by atoms with Crippen LogP contribution in [0.2, 0.25) is 0 Å². The molecule has 2 heterocycles. The van der Waals surface area contributed by atoms with Gasteiger partial charge in [0.05, 0.1) is 19.6 Å². The summed E-state index contributed by atoms with van der Waals surface area (Å²) in [6.07, 6.45) is -0.726. The van der Waals surface area contributed by atoms with Gasteiger partial charge in [-0.2, -0.15) is 0 Å². The first kappa shape index (κ1) is 27.1. The third kappa shape index (κ3) is 5.22. The van der Waals surface area contributed by atoms with E-state index in [0.29, 0.717) is 17.9 Å². The summed E-state index contributed by atoms with van der Waals surface area (Å²) in [5.41, 5.74) is 0.957. The molecule has 0 aromatic heterocycles. The average molecular weight is 513 g/mol. The second kappa shape index (κ2) is 10.8. The SMILES string of the molecule is COc1ccc(CN2C(=O)[C@H](C)[C@@H]3OC(C)(C)OC[C@]32C(=O)Nc2ccccc2CC(OC)OC)cc1. The van der Waals surface area contributed by atoms with Crippen molar-refractivity contribution < 1.29 is 33.3 Å². The van der Waals surface area contributed by atoms with Gasteiger partial charge in [0.2, 0.25) is 5.91 Å². The molecule has 3 atom stereocenters. The van der Waals surface area contributed by atoms with Crippen LogP contribution >= 0.6 is 0 Å². The van der Waals surface area contributed by atoms with Crippen molar-refractivity contribution in [3.63, 3.8) is 0 Å². The van der Waals surface area contributed by atoms with Crippen LogP contribution in [-0.2, 0) is 41.5 Å². The van der Waals surface area contributed by atoms with Crippen LogP contribution in [0.1, 0.15) is 31.9 Å². The maximum atomic E-state index is 14.2. The van der Waals surface area contributed by atoms with Crippen molar-refractivity contribution in [2.24, 2.45) is 5.92 Å². The molecule has 0 unspecified atom stereocenters. The van der Waals surface area contributed by atoms with Crippen LogP contribution in [0.4, 0.5) is 5.69 Å². The number of benzene rings is 2. The fourth-order valence-corrected chi connectivity index (χ4v) is 5.07. The number of carbonyl (C=O) groups is 2. The first-order valence-electron chi connectivity index (χ1n) is 12.4. The maximum Gasteiger partial charge on any atom is 0.255 e. The van der Waals surface area contributed by atoms with Gasteiger partial charge in [0.15, 0.2) is 17.6 Å². The first-order chi connectivity index (χ1) is 17.6. The van der Waals surface area contributed by atoms with Crippen LogP contribution in [0, 0.1) is 5.92 Å². The zero-order valence-electron chi connectivity index (χ0n) is 22.3. The highest BCUT2D eigenvalue weighted by Gasteiger charge is 2.66. The lowest BCUT2D eigenvalue weighted by Gasteiger charge is -2.48. The number of carbonyl (C=O) groups excluding carboxylic acids is 2. The quantitative estimate of drug-likeness (QED) is 0.515. The predicted molar refractivity (Wildman–Crippen MR) is 137 cm³/mol. The van der Waals surface area contributed by atoms with E-state index in [1.165, 1.54) is 0 Å². The number of amides is 2. The van der Waals surface area contributed by atoms with Crippen molar-refractivity contribution in [2.45, 2.75) is 57.5 Å². The Hall–Kier alpha value is -2.98. The van der Waals surface area contributed by atoms with Gasteiger partial charge in [-0.1, -0.05) is 37.3 Å². The number of nitrogens with one attached hydrogen (secondary N) is 1. The molecule has 9 heteroatoms. The summed E-state index contributed by atoms with van der Waals surface area (Å²) >= 11 is 0. The normalized spacial score (nSPS) is 24.7. The topological polar surface area (TPSA) is 95.6 Å². The van der Waals surface area contributed by atoms with Crippen molar-refractivity contribution in [2.75, 3.05) is 33.3 Å². The van der Waals surface area contributed by atoms with Crippen LogP contribution in [-0.4, -0.2) is 68.4 Å². The second-order valence-corrected chi connectivity index (χ2v) is 9.93. The zero-order chi connectivity index (χ0) is 26.8. The van der Waals surface area contributed by atoms with Crippen LogP contribution in [0.3, 0.4) is 0 Å². The standard InChI is InChI=1S/C28H36N2O7/c1-18-24-28(17-36-27(2,3)37-24,30(25(18)31)16-19-11-13-21(33-4)14-12-19)26(32)29-22-10-8-7-9-20(22)15-23(34-5)35-6/h7-14,18,23-24H,15-17H2,1-6H3,(H,29,32)/t18-,24+,28-/m1/s1. The summed E-state index contributed by atoms with van der Waals surface area (Å²) < 4.78 is 28.3. The number of likely N-dealkylation sites (tertiary alicyclic amines) is 1. The van der Waals surface area contributed by atoms with E-state index in [-0.39, 0.29) is 25.0 Å². The van der Waals surface area contributed by atoms with Crippen molar-refractivity contribution >= 4 is 17.5 Å². The highest BCUT2D eigenvalue weighted by Crippen LogP contribution is 2.45. The number of ether oxygens (including phenoxy) is 5. The minimum Gasteiger partial charge on any atom is -0.497 e. The third-order valence-electron chi connectivity index (χ3n) is 7.18. The highest BCUT2D eigenvalue weighted by molar-refractivity contribution is 6.04. The maximum absolute atomic E-state index is 14.2. The molecular weight excluding hydrogens is 476 g/mol. The molecule has 200 valence electrons. The van der Waals surface area contributed by atoms with Crippen molar-refractivity contribution in [1.82, 2.24) is 4.90 Å². The van der Waals surface area contributed by atoms with E-state index in [9.17, 15) is 9.59 Å². The zero-order valence-corrected chi connectivity index (χ0v) is 22.3. The largest absolute Gasteiger partial charge is 0.497 e. The van der Waals surface area contributed by atoms with Crippen molar-refractivity contribution in [3.05, 3.63) is 59.7 Å². The number of hydrogen-bond donors (Lipinski definition) is 1. The van der Waals surface area contributed by atoms with E-state index >= 15 is 0 Å². The summed E-state index contributed by atoms with van der Waals surface area (Å²) in [6.45, 7) is 5.62. The number of fused-ring (bicyclic) bond motifs is 1. The average Bonchev–Trinajstić information content (AvgIpc) is 3.10. The molecule has 2 saturated heterocycles. The van der Waals surface area contributed by atoms with Gasteiger partial charge in [-0.25, -0.2) is 0 Å². The van der Waals surface area contributed by atoms with Crippen LogP contribution in [0.5, 0.6) is 5.75 Å². The molecule has 9 nitrogen and oxygen atoms in total. The van der Waals surface area contributed by atoms with Gasteiger partial charge in [-0.3, -0.25) is 9.59 Å². The Morgan fingerprint density at radius 1 is 1.11 bits per heavy atom. The van der Waals surface area contributed by atoms with Crippen LogP contribution in [0.25, 0.3) is 0 Å². The Morgan fingerprint density at radius 2 is 1.78 bits per heavy atom. The van der Waals surface area contributed by atoms with Gasteiger partial charge in [0.1, 0.15) is 11.9 Å². The molecule has 2 fully saturated rings. The van der Waals surface area contributed by atoms with E-state index in [1.807, 2.05) is 48.5 Å². The second-order valence-electron chi connectivity index (χ2n) is 9.93. The molecule has 0 bridgehead atoms. The molecule has 2 aliphatic heterocycles. The number of nitrogens with zero attached hydrogens (tertiary/aromatic N) is 1. The van der Waals surface area contributed by atoms with Gasteiger partial charge in [-0.05, 0) is 43.2 Å². The number of methoxy groups -OCH3 is 3. The van der Waals surface area contributed by atoms with E-state index in [2.05, 4.69) is 5.32 Å². The summed E-state index contributed by atoms with van der Waals surface area (Å²) in [5, 5.41) is 3.07. The monoisotopic (exact) mass is 512 g/mol. The van der Waals surface area contributed by atoms with Gasteiger partial charge in [0.25, 0.3) is 5.91 Å². The van der Waals surface area contributed by atoms with E-state index in [0.717, 1.165) is 11.1 Å². The highest BCUT2D eigenvalue weighted by atomic mass is 16.7. The van der Waals surface area contributed by atoms with E-state index in [4.69, 9.17) is 23.7 Å². The predicted octanol–water partition coefficient (Wildman–Crippen LogP) is 3.36. The fraction of sp³-hybridized carbons (Fsp3) is 0.500. The van der Waals surface area contributed by atoms with Gasteiger partial charge in [-0.15, -0.1) is 0 Å². The molecule has 2 aromatic rings. The Kier molecular flexibility index (Phi) is 7.89. The fourth-order valence-electron chi connectivity index (χ4n) is 5.07. The molecule has 1 N–H and O–H groups in total. The first-order valence-corrected chi connectivity index (χ1v) is 12.4. The third-order valence-corrected chi connectivity index (χ3v) is 7.18. The lowest BCUT2D eigenvalue weighted by molar-refractivity contribution is -0.303. The Labute approximate surface area is 218 Å². The lowest BCUT2D eigenvalue weighted by Crippen LogP contribution is -2.67. The summed E-state index contributed by atoms with van der Waals surface area (Å²) in [7, 11) is 4.74. The molecule has 0 saturated carbocycles. The van der Waals surface area contributed by atoms with Crippen LogP contribution in [0.15, 0.2) is 48.5 Å². The van der Waals surface area contributed by atoms with Gasteiger partial charge >= 0.3 is 0 Å². The van der Waals surface area contributed by atoms with Crippen LogP contribution < -0.4 is 10.1 Å². The molecule has 4 rings (SSSR count). The smallest absolute Gasteiger partial charge is 0.255 e. The Balaban J connectivity index is 1.70. The number of hydrogen-bond acceptors (Lipinski definition) is 7. The minimum atomic E-state index is -1.36. The van der Waals surface area contributed by atoms with Gasteiger partial charge in [0, 0.05) is 32.9 Å². The molecule has 0 aliphatic carbocycles. The molecule has 0 radical (unpaired) electrons. The number of anilines is 1. The lowest BCUT2D eigenvalue weighted by atomic mass is 9.86.